The zero-order chi connectivity index (χ0) is 20.1. The van der Waals surface area contributed by atoms with E-state index in [0.717, 1.165) is 5.56 Å². The van der Waals surface area contributed by atoms with Gasteiger partial charge in [0.15, 0.2) is 0 Å². The monoisotopic (exact) mass is 375 g/mol. The molecule has 0 fully saturated rings. The highest BCUT2D eigenvalue weighted by Gasteiger charge is 2.13. The maximum atomic E-state index is 14.3. The van der Waals surface area contributed by atoms with Crippen LogP contribution in [0.3, 0.4) is 0 Å². The van der Waals surface area contributed by atoms with Crippen LogP contribution in [0.25, 0.3) is 22.3 Å². The van der Waals surface area contributed by atoms with Crippen LogP contribution in [0.15, 0.2) is 54.7 Å². The number of halogens is 1. The van der Waals surface area contributed by atoms with Gasteiger partial charge in [-0.05, 0) is 41.3 Å². The molecule has 3 rings (SSSR count). The van der Waals surface area contributed by atoms with Crippen molar-refractivity contribution in [2.24, 2.45) is 5.73 Å². The van der Waals surface area contributed by atoms with E-state index in [0.29, 0.717) is 22.4 Å². The number of pyridine rings is 1. The largest absolute Gasteiger partial charge is 0.507 e. The zero-order valence-corrected chi connectivity index (χ0v) is 15.2. The van der Waals surface area contributed by atoms with Gasteiger partial charge in [-0.15, -0.1) is 0 Å². The Bertz CT molecular complexity index is 1100. The number of hydrogen-bond acceptors (Lipinski definition) is 4. The number of amides is 1. The molecule has 0 saturated heterocycles. The van der Waals surface area contributed by atoms with Gasteiger partial charge in [0.1, 0.15) is 17.3 Å². The summed E-state index contributed by atoms with van der Waals surface area (Å²) in [5.41, 5.74) is 8.27. The summed E-state index contributed by atoms with van der Waals surface area (Å²) in [5.74, 6) is 4.67. The van der Waals surface area contributed by atoms with E-state index in [4.69, 9.17) is 5.73 Å². The van der Waals surface area contributed by atoms with Crippen molar-refractivity contribution in [2.75, 3.05) is 11.9 Å². The molecule has 0 aliphatic carbocycles. The maximum absolute atomic E-state index is 14.3. The third-order valence-electron chi connectivity index (χ3n) is 4.02. The lowest BCUT2D eigenvalue weighted by atomic mass is 9.97. The predicted octanol–water partition coefficient (Wildman–Crippen LogP) is 3.53. The van der Waals surface area contributed by atoms with Crippen molar-refractivity contribution in [1.82, 2.24) is 4.98 Å². The SMILES string of the molecule is CC(=O)Nc1ccc(-c2cccc(-c3ccnc(C#CCN)c3)c2O)cc1F. The molecular weight excluding hydrogens is 357 g/mol. The highest BCUT2D eigenvalue weighted by molar-refractivity contribution is 5.89. The fourth-order valence-corrected chi connectivity index (χ4v) is 2.79. The number of para-hydroxylation sites is 1. The Hall–Kier alpha value is -3.69. The molecule has 1 heterocycles. The zero-order valence-electron chi connectivity index (χ0n) is 15.2. The molecule has 2 aromatic carbocycles. The van der Waals surface area contributed by atoms with E-state index in [1.807, 2.05) is 0 Å². The average molecular weight is 375 g/mol. The van der Waals surface area contributed by atoms with E-state index in [-0.39, 0.29) is 23.9 Å². The smallest absolute Gasteiger partial charge is 0.221 e. The second-order valence-corrected chi connectivity index (χ2v) is 6.01. The van der Waals surface area contributed by atoms with Crippen LogP contribution in [-0.4, -0.2) is 22.5 Å². The van der Waals surface area contributed by atoms with Crippen molar-refractivity contribution in [3.05, 3.63) is 66.2 Å². The van der Waals surface area contributed by atoms with E-state index in [1.54, 1.807) is 42.6 Å². The first-order valence-electron chi connectivity index (χ1n) is 8.54. The number of nitrogens with two attached hydrogens (primary N) is 1. The summed E-state index contributed by atoms with van der Waals surface area (Å²) in [7, 11) is 0. The van der Waals surface area contributed by atoms with Crippen LogP contribution in [0.4, 0.5) is 10.1 Å². The highest BCUT2D eigenvalue weighted by atomic mass is 19.1. The fraction of sp³-hybridized carbons (Fsp3) is 0.0909. The van der Waals surface area contributed by atoms with E-state index in [2.05, 4.69) is 22.1 Å². The molecule has 0 spiro atoms. The molecule has 1 amide bonds. The number of aromatic nitrogens is 1. The van der Waals surface area contributed by atoms with Gasteiger partial charge in [0.05, 0.1) is 12.2 Å². The second kappa shape index (κ2) is 8.33. The molecule has 0 bridgehead atoms. The standard InChI is InChI=1S/C22H18FN3O2/c1-14(27)26-21-8-7-15(13-20(21)23)18-5-2-6-19(22(18)28)16-9-11-25-17(12-16)4-3-10-24/h2,5-9,11-13,28H,10,24H2,1H3,(H,26,27). The molecule has 0 atom stereocenters. The molecule has 0 aliphatic heterocycles. The summed E-state index contributed by atoms with van der Waals surface area (Å²) in [4.78, 5) is 15.3. The van der Waals surface area contributed by atoms with Crippen LogP contribution in [0.5, 0.6) is 5.75 Å². The molecule has 0 radical (unpaired) electrons. The quantitative estimate of drug-likeness (QED) is 0.611. The van der Waals surface area contributed by atoms with Crippen molar-refractivity contribution in [2.45, 2.75) is 6.92 Å². The third kappa shape index (κ3) is 4.17. The third-order valence-corrected chi connectivity index (χ3v) is 4.02. The Morgan fingerprint density at radius 3 is 2.54 bits per heavy atom. The van der Waals surface area contributed by atoms with Crippen molar-refractivity contribution in [3.8, 4) is 39.8 Å². The Morgan fingerprint density at radius 1 is 1.18 bits per heavy atom. The summed E-state index contributed by atoms with van der Waals surface area (Å²) >= 11 is 0. The topological polar surface area (TPSA) is 88.2 Å². The Morgan fingerprint density at radius 2 is 1.89 bits per heavy atom. The summed E-state index contributed by atoms with van der Waals surface area (Å²) in [5, 5.41) is 13.2. The lowest BCUT2D eigenvalue weighted by molar-refractivity contribution is -0.114. The number of hydrogen-bond donors (Lipinski definition) is 3. The molecular formula is C22H18FN3O2. The van der Waals surface area contributed by atoms with E-state index >= 15 is 0 Å². The number of aromatic hydroxyl groups is 1. The van der Waals surface area contributed by atoms with Gasteiger partial charge in [-0.3, -0.25) is 4.79 Å². The number of carbonyl (C=O) groups excluding carboxylic acids is 1. The lowest BCUT2D eigenvalue weighted by Crippen LogP contribution is -2.07. The van der Waals surface area contributed by atoms with Gasteiger partial charge in [0.2, 0.25) is 5.91 Å². The van der Waals surface area contributed by atoms with E-state index in [1.165, 1.54) is 19.1 Å². The normalized spacial score (nSPS) is 10.1. The van der Waals surface area contributed by atoms with Gasteiger partial charge in [0, 0.05) is 24.2 Å². The van der Waals surface area contributed by atoms with Gasteiger partial charge in [-0.1, -0.05) is 30.2 Å². The van der Waals surface area contributed by atoms with Gasteiger partial charge >= 0.3 is 0 Å². The average Bonchev–Trinajstić information content (AvgIpc) is 2.68. The predicted molar refractivity (Wildman–Crippen MR) is 107 cm³/mol. The Labute approximate surface area is 162 Å². The minimum atomic E-state index is -0.583. The van der Waals surface area contributed by atoms with Gasteiger partial charge in [0.25, 0.3) is 0 Å². The molecule has 0 aliphatic rings. The molecule has 1 aromatic heterocycles. The minimum Gasteiger partial charge on any atom is -0.507 e. The minimum absolute atomic E-state index is 0.0121. The van der Waals surface area contributed by atoms with Crippen molar-refractivity contribution in [1.29, 1.82) is 0 Å². The van der Waals surface area contributed by atoms with E-state index in [9.17, 15) is 14.3 Å². The number of nitrogens with one attached hydrogen (secondary N) is 1. The number of anilines is 1. The van der Waals surface area contributed by atoms with Crippen molar-refractivity contribution < 1.29 is 14.3 Å². The Balaban J connectivity index is 2.03. The van der Waals surface area contributed by atoms with Crippen LogP contribution in [0.2, 0.25) is 0 Å². The molecule has 3 aromatic rings. The second-order valence-electron chi connectivity index (χ2n) is 6.01. The van der Waals surface area contributed by atoms with Gasteiger partial charge in [-0.25, -0.2) is 9.37 Å². The summed E-state index contributed by atoms with van der Waals surface area (Å²) in [6.45, 7) is 1.54. The number of rotatable bonds is 3. The summed E-state index contributed by atoms with van der Waals surface area (Å²) in [6.07, 6.45) is 1.60. The van der Waals surface area contributed by atoms with Crippen LogP contribution in [-0.2, 0) is 4.79 Å². The van der Waals surface area contributed by atoms with Crippen LogP contribution < -0.4 is 11.1 Å². The number of benzene rings is 2. The maximum Gasteiger partial charge on any atom is 0.221 e. The lowest BCUT2D eigenvalue weighted by Gasteiger charge is -2.12. The first-order chi connectivity index (χ1) is 13.5. The van der Waals surface area contributed by atoms with E-state index < -0.39 is 5.82 Å². The number of carbonyl (C=O) groups is 1. The fourth-order valence-electron chi connectivity index (χ4n) is 2.79. The summed E-state index contributed by atoms with van der Waals surface area (Å²) in [6, 6.07) is 13.1. The van der Waals surface area contributed by atoms with Crippen molar-refractivity contribution in [3.63, 3.8) is 0 Å². The molecule has 0 unspecified atom stereocenters. The Kier molecular flexibility index (Phi) is 5.68. The van der Waals surface area contributed by atoms with Gasteiger partial charge < -0.3 is 16.2 Å². The van der Waals surface area contributed by atoms with Crippen molar-refractivity contribution >= 4 is 11.6 Å². The van der Waals surface area contributed by atoms with Crippen LogP contribution in [0, 0.1) is 17.7 Å². The number of phenolic OH excluding ortho intramolecular Hbond substituents is 1. The number of nitrogens with zero attached hydrogens (tertiary/aromatic N) is 1. The molecule has 28 heavy (non-hydrogen) atoms. The van der Waals surface area contributed by atoms with Crippen LogP contribution >= 0.6 is 0 Å². The first-order valence-corrected chi connectivity index (χ1v) is 8.54. The molecule has 0 saturated carbocycles. The molecule has 4 N–H and O–H groups in total. The molecule has 140 valence electrons. The molecule has 5 nitrogen and oxygen atoms in total. The van der Waals surface area contributed by atoms with Gasteiger partial charge in [-0.2, -0.15) is 0 Å². The van der Waals surface area contributed by atoms with Crippen LogP contribution in [0.1, 0.15) is 12.6 Å². The highest BCUT2D eigenvalue weighted by Crippen LogP contribution is 2.38. The first kappa shape index (κ1) is 19.1. The number of phenols is 1. The molecule has 6 heteroatoms. The summed E-state index contributed by atoms with van der Waals surface area (Å²) < 4.78 is 14.3.